The molecule has 0 N–H and O–H groups in total. The molecule has 0 bridgehead atoms. The number of fused-ring (bicyclic) bond motifs is 2. The van der Waals surface area contributed by atoms with Crippen LogP contribution in [0.25, 0.3) is 0 Å². The molecular formula is C32H27NO6. The number of ether oxygens (including phenoxy) is 1. The summed E-state index contributed by atoms with van der Waals surface area (Å²) in [4.78, 5) is 69.4. The highest BCUT2D eigenvalue weighted by molar-refractivity contribution is 6.26. The average molecular weight is 522 g/mol. The summed E-state index contributed by atoms with van der Waals surface area (Å²) < 4.78 is 5.45. The summed E-state index contributed by atoms with van der Waals surface area (Å²) in [5.41, 5.74) is -0.0914. The summed E-state index contributed by atoms with van der Waals surface area (Å²) in [6.07, 6.45) is 1.42. The van der Waals surface area contributed by atoms with Crippen molar-refractivity contribution in [1.82, 2.24) is 0 Å². The molecular weight excluding hydrogens is 494 g/mol. The molecule has 7 heteroatoms. The van der Waals surface area contributed by atoms with Crippen LogP contribution in [-0.4, -0.2) is 36.0 Å². The normalized spacial score (nSPS) is 21.4. The van der Waals surface area contributed by atoms with Crippen LogP contribution in [0.1, 0.15) is 46.5 Å². The van der Waals surface area contributed by atoms with E-state index in [9.17, 15) is 24.0 Å². The van der Waals surface area contributed by atoms with Crippen LogP contribution < -0.4 is 4.90 Å². The van der Waals surface area contributed by atoms with E-state index in [0.29, 0.717) is 22.4 Å². The SMILES string of the molecule is CCOC(=O)[C@@H]1C(C(=O)c2ccccc2)=C[C@@H](CC(=O)c2ccccc2)[C@@]12C(=O)N(C(C)=O)c1ccccc12. The second kappa shape index (κ2) is 10.3. The van der Waals surface area contributed by atoms with E-state index in [1.54, 1.807) is 97.9 Å². The van der Waals surface area contributed by atoms with Crippen LogP contribution in [0.15, 0.2) is 96.6 Å². The molecule has 3 aromatic carbocycles. The number of anilines is 1. The lowest BCUT2D eigenvalue weighted by Gasteiger charge is -2.35. The van der Waals surface area contributed by atoms with Crippen LogP contribution in [0.3, 0.4) is 0 Å². The number of imide groups is 1. The summed E-state index contributed by atoms with van der Waals surface area (Å²) >= 11 is 0. The van der Waals surface area contributed by atoms with Crippen molar-refractivity contribution in [3.63, 3.8) is 0 Å². The molecule has 39 heavy (non-hydrogen) atoms. The van der Waals surface area contributed by atoms with Crippen molar-refractivity contribution in [2.45, 2.75) is 25.7 Å². The Hall–Kier alpha value is -4.65. The summed E-state index contributed by atoms with van der Waals surface area (Å²) in [5, 5.41) is 0. The van der Waals surface area contributed by atoms with Gasteiger partial charge in [-0.05, 0) is 18.6 Å². The molecule has 2 aliphatic rings. The number of ketones is 2. The minimum atomic E-state index is -1.71. The van der Waals surface area contributed by atoms with Gasteiger partial charge in [0.15, 0.2) is 11.6 Å². The van der Waals surface area contributed by atoms with Gasteiger partial charge in [0, 0.05) is 36.0 Å². The first-order chi connectivity index (χ1) is 18.8. The van der Waals surface area contributed by atoms with Gasteiger partial charge >= 0.3 is 5.97 Å². The molecule has 0 fully saturated rings. The van der Waals surface area contributed by atoms with Crippen LogP contribution in [0, 0.1) is 11.8 Å². The summed E-state index contributed by atoms with van der Waals surface area (Å²) in [6.45, 7) is 2.94. The number of allylic oxidation sites excluding steroid dienone is 1. The number of carbonyl (C=O) groups excluding carboxylic acids is 5. The van der Waals surface area contributed by atoms with Crippen molar-refractivity contribution < 1.29 is 28.7 Å². The Morgan fingerprint density at radius 3 is 2.05 bits per heavy atom. The minimum Gasteiger partial charge on any atom is -0.465 e. The van der Waals surface area contributed by atoms with Crippen molar-refractivity contribution in [3.8, 4) is 0 Å². The van der Waals surface area contributed by atoms with Crippen molar-refractivity contribution in [3.05, 3.63) is 113 Å². The van der Waals surface area contributed by atoms with Gasteiger partial charge in [0.25, 0.3) is 0 Å². The number of benzene rings is 3. The maximum atomic E-state index is 14.4. The van der Waals surface area contributed by atoms with Crippen LogP contribution in [-0.2, 0) is 24.5 Å². The maximum absolute atomic E-state index is 14.4. The Balaban J connectivity index is 1.75. The highest BCUT2D eigenvalue weighted by atomic mass is 16.5. The first kappa shape index (κ1) is 26.0. The molecule has 2 amide bonds. The van der Waals surface area contributed by atoms with E-state index >= 15 is 0 Å². The number of para-hydroxylation sites is 1. The van der Waals surface area contributed by atoms with E-state index in [2.05, 4.69) is 0 Å². The lowest BCUT2D eigenvalue weighted by molar-refractivity contribution is -0.152. The van der Waals surface area contributed by atoms with Gasteiger partial charge in [-0.15, -0.1) is 0 Å². The van der Waals surface area contributed by atoms with E-state index in [1.165, 1.54) is 6.92 Å². The lowest BCUT2D eigenvalue weighted by Crippen LogP contribution is -2.52. The molecule has 3 atom stereocenters. The minimum absolute atomic E-state index is 0.0259. The predicted octanol–water partition coefficient (Wildman–Crippen LogP) is 4.71. The first-order valence-electron chi connectivity index (χ1n) is 12.8. The zero-order chi connectivity index (χ0) is 27.7. The maximum Gasteiger partial charge on any atom is 0.315 e. The van der Waals surface area contributed by atoms with E-state index < -0.39 is 40.8 Å². The fourth-order valence-corrected chi connectivity index (χ4v) is 5.94. The first-order valence-corrected chi connectivity index (χ1v) is 12.8. The Labute approximate surface area is 226 Å². The number of carbonyl (C=O) groups is 5. The van der Waals surface area contributed by atoms with Gasteiger partial charge in [-0.25, -0.2) is 4.90 Å². The quantitative estimate of drug-likeness (QED) is 0.330. The Bertz CT molecular complexity index is 1510. The molecule has 0 saturated carbocycles. The van der Waals surface area contributed by atoms with E-state index in [-0.39, 0.29) is 24.4 Å². The molecule has 0 unspecified atom stereocenters. The third-order valence-electron chi connectivity index (χ3n) is 7.52. The highest BCUT2D eigenvalue weighted by Crippen LogP contribution is 2.58. The van der Waals surface area contributed by atoms with E-state index in [0.717, 1.165) is 4.90 Å². The van der Waals surface area contributed by atoms with Gasteiger partial charge in [0.05, 0.1) is 12.3 Å². The zero-order valence-electron chi connectivity index (χ0n) is 21.6. The summed E-state index contributed by atoms with van der Waals surface area (Å²) in [6, 6.07) is 23.8. The molecule has 0 radical (unpaired) electrons. The van der Waals surface area contributed by atoms with Crippen LogP contribution in [0.2, 0.25) is 0 Å². The Morgan fingerprint density at radius 2 is 1.44 bits per heavy atom. The van der Waals surface area contributed by atoms with Crippen molar-refractivity contribution >= 4 is 35.0 Å². The number of rotatable bonds is 7. The number of esters is 1. The predicted molar refractivity (Wildman–Crippen MR) is 144 cm³/mol. The van der Waals surface area contributed by atoms with E-state index in [4.69, 9.17) is 4.74 Å². The van der Waals surface area contributed by atoms with Crippen molar-refractivity contribution in [1.29, 1.82) is 0 Å². The highest BCUT2D eigenvalue weighted by Gasteiger charge is 2.67. The van der Waals surface area contributed by atoms with Gasteiger partial charge in [-0.3, -0.25) is 24.0 Å². The molecule has 1 aliphatic heterocycles. The van der Waals surface area contributed by atoms with Crippen LogP contribution in [0.5, 0.6) is 0 Å². The van der Waals surface area contributed by atoms with Crippen LogP contribution in [0.4, 0.5) is 5.69 Å². The summed E-state index contributed by atoms with van der Waals surface area (Å²) in [5.74, 6) is -4.85. The molecule has 7 nitrogen and oxygen atoms in total. The molecule has 0 aromatic heterocycles. The molecule has 5 rings (SSSR count). The Kier molecular flexibility index (Phi) is 6.83. The van der Waals surface area contributed by atoms with Crippen molar-refractivity contribution in [2.75, 3.05) is 11.5 Å². The molecule has 1 heterocycles. The second-order valence-corrected chi connectivity index (χ2v) is 9.65. The topological polar surface area (TPSA) is 97.8 Å². The zero-order valence-corrected chi connectivity index (χ0v) is 21.6. The lowest BCUT2D eigenvalue weighted by atomic mass is 9.64. The molecule has 196 valence electrons. The van der Waals surface area contributed by atoms with Gasteiger partial charge < -0.3 is 4.74 Å². The standard InChI is InChI=1S/C32H27NO6/c1-3-39-30(37)28-24(29(36)22-14-8-5-9-15-22)18-23(19-27(35)21-12-6-4-7-13-21)32(28)25-16-10-11-17-26(25)33(20(2)34)31(32)38/h4-18,23,28H,3,19H2,1-2H3/t23-,28-,32-/m0/s1. The molecule has 1 spiro atoms. The number of Topliss-reactive ketones (excluding diaryl/α,β-unsaturated/α-hetero) is 2. The third-order valence-corrected chi connectivity index (χ3v) is 7.52. The van der Waals surface area contributed by atoms with E-state index in [1.807, 2.05) is 0 Å². The second-order valence-electron chi connectivity index (χ2n) is 9.65. The fourth-order valence-electron chi connectivity index (χ4n) is 5.94. The monoisotopic (exact) mass is 521 g/mol. The van der Waals surface area contributed by atoms with Crippen LogP contribution >= 0.6 is 0 Å². The smallest absolute Gasteiger partial charge is 0.315 e. The van der Waals surface area contributed by atoms with Gasteiger partial charge in [-0.1, -0.05) is 84.9 Å². The van der Waals surface area contributed by atoms with Gasteiger partial charge in [0.2, 0.25) is 11.8 Å². The number of amides is 2. The molecule has 1 aliphatic carbocycles. The van der Waals surface area contributed by atoms with Crippen molar-refractivity contribution in [2.24, 2.45) is 11.8 Å². The number of hydrogen-bond acceptors (Lipinski definition) is 6. The van der Waals surface area contributed by atoms with Gasteiger partial charge in [0.1, 0.15) is 11.3 Å². The fraction of sp³-hybridized carbons (Fsp3) is 0.219. The number of nitrogens with zero attached hydrogens (tertiary/aromatic N) is 1. The molecule has 0 saturated heterocycles. The van der Waals surface area contributed by atoms with Gasteiger partial charge in [-0.2, -0.15) is 0 Å². The Morgan fingerprint density at radius 1 is 0.846 bits per heavy atom. The molecule has 3 aromatic rings. The largest absolute Gasteiger partial charge is 0.465 e. The third kappa shape index (κ3) is 4.11. The number of hydrogen-bond donors (Lipinski definition) is 0. The average Bonchev–Trinajstić information content (AvgIpc) is 3.42. The summed E-state index contributed by atoms with van der Waals surface area (Å²) in [7, 11) is 0.